The van der Waals surface area contributed by atoms with Gasteiger partial charge in [-0.25, -0.2) is 0 Å². The summed E-state index contributed by atoms with van der Waals surface area (Å²) in [5.74, 6) is -1.17. The fourth-order valence-electron chi connectivity index (χ4n) is 7.19. The molecule has 1 aromatic heterocycles. The Morgan fingerprint density at radius 1 is 1.16 bits per heavy atom. The number of nitrogens with one attached hydrogen (secondary N) is 2. The van der Waals surface area contributed by atoms with E-state index in [0.29, 0.717) is 18.9 Å². The van der Waals surface area contributed by atoms with E-state index in [1.165, 1.54) is 24.0 Å². The molecule has 4 atom stereocenters. The molecule has 1 saturated carbocycles. The Balaban J connectivity index is 1.36. The van der Waals surface area contributed by atoms with E-state index in [4.69, 9.17) is 11.5 Å². The average Bonchev–Trinajstić information content (AvgIpc) is 3.68. The average molecular weight is 520 g/mol. The molecule has 3 amide bonds. The predicted molar refractivity (Wildman–Crippen MR) is 138 cm³/mol. The Morgan fingerprint density at radius 3 is 2.66 bits per heavy atom. The fraction of sp³-hybridized carbons (Fsp3) is 0.500. The second kappa shape index (κ2) is 8.97. The molecular weight excluding hydrogens is 486 g/mol. The normalized spacial score (nSPS) is 26.4. The van der Waals surface area contributed by atoms with E-state index in [9.17, 15) is 24.3 Å². The topological polar surface area (TPSA) is 172 Å². The molecule has 2 fully saturated rings. The number of carbonyl (C=O) groups excluding carboxylic acids is 3. The Labute approximate surface area is 219 Å². The maximum atomic E-state index is 13.0. The van der Waals surface area contributed by atoms with Gasteiger partial charge in [-0.05, 0) is 91.8 Å². The van der Waals surface area contributed by atoms with Crippen molar-refractivity contribution >= 4 is 17.7 Å². The number of primary amides is 2. The summed E-state index contributed by atoms with van der Waals surface area (Å²) in [4.78, 5) is 54.6. The summed E-state index contributed by atoms with van der Waals surface area (Å²) >= 11 is 0. The summed E-state index contributed by atoms with van der Waals surface area (Å²) in [5.41, 5.74) is 13.8. The summed E-state index contributed by atoms with van der Waals surface area (Å²) in [6.07, 6.45) is 5.29. The molecule has 4 aliphatic rings. The molecule has 1 aliphatic heterocycles. The number of phenolic OH excluding ortho intramolecular Hbond substituents is 1. The molecule has 6 rings (SSSR count). The van der Waals surface area contributed by atoms with E-state index >= 15 is 0 Å². The zero-order valence-corrected chi connectivity index (χ0v) is 21.2. The lowest BCUT2D eigenvalue weighted by molar-refractivity contribution is -0.124. The summed E-state index contributed by atoms with van der Waals surface area (Å²) in [7, 11) is 0. The van der Waals surface area contributed by atoms with Gasteiger partial charge in [-0.1, -0.05) is 6.07 Å². The van der Waals surface area contributed by atoms with Crippen LogP contribution in [0.1, 0.15) is 58.4 Å². The maximum Gasteiger partial charge on any atom is 0.261 e. The molecular formula is C28H33N5O5. The van der Waals surface area contributed by atoms with Crippen molar-refractivity contribution in [1.82, 2.24) is 15.2 Å². The van der Waals surface area contributed by atoms with Gasteiger partial charge in [0.05, 0.1) is 6.42 Å². The Morgan fingerprint density at radius 2 is 1.95 bits per heavy atom. The lowest BCUT2D eigenvalue weighted by atomic mass is 9.52. The summed E-state index contributed by atoms with van der Waals surface area (Å²) in [5, 5.41) is 12.8. The molecule has 200 valence electrons. The van der Waals surface area contributed by atoms with Gasteiger partial charge in [-0.2, -0.15) is 0 Å². The number of likely N-dealkylation sites (tertiary alicyclic amines) is 1. The lowest BCUT2D eigenvalue weighted by Gasteiger charge is -2.59. The number of aromatic hydroxyl groups is 1. The minimum Gasteiger partial charge on any atom is -0.508 e. The van der Waals surface area contributed by atoms with Crippen LogP contribution in [0.15, 0.2) is 29.1 Å². The van der Waals surface area contributed by atoms with Gasteiger partial charge >= 0.3 is 0 Å². The summed E-state index contributed by atoms with van der Waals surface area (Å²) in [6.45, 7) is 2.09. The summed E-state index contributed by atoms with van der Waals surface area (Å²) in [6, 6.07) is 6.38. The Hall–Kier alpha value is -3.66. The first-order chi connectivity index (χ1) is 18.1. The van der Waals surface area contributed by atoms with Gasteiger partial charge < -0.3 is 26.9 Å². The SMILES string of the molecule is NC(=O)C[C@H](NC(=O)c1cc2c([nH]c1=O)C[C@]13CCN(CC4CC4)[C@H](Cc4ccc(O)cc41)[C@@H]3C2)C(N)=O. The third-order valence-electron chi connectivity index (χ3n) is 9.18. The van der Waals surface area contributed by atoms with Crippen LogP contribution < -0.4 is 22.3 Å². The number of amides is 3. The van der Waals surface area contributed by atoms with Crippen LogP contribution >= 0.6 is 0 Å². The number of nitrogens with zero attached hydrogens (tertiary/aromatic N) is 1. The van der Waals surface area contributed by atoms with Crippen LogP contribution in [-0.4, -0.2) is 57.9 Å². The number of hydrogen-bond acceptors (Lipinski definition) is 6. The number of fused-ring (bicyclic) bond motifs is 2. The molecule has 38 heavy (non-hydrogen) atoms. The van der Waals surface area contributed by atoms with Gasteiger partial charge in [-0.15, -0.1) is 0 Å². The van der Waals surface area contributed by atoms with Crippen LogP contribution in [0.5, 0.6) is 5.75 Å². The number of hydrogen-bond donors (Lipinski definition) is 5. The van der Waals surface area contributed by atoms with Gasteiger partial charge in [-0.3, -0.25) is 24.1 Å². The van der Waals surface area contributed by atoms with Crippen molar-refractivity contribution < 1.29 is 19.5 Å². The largest absolute Gasteiger partial charge is 0.508 e. The zero-order chi connectivity index (χ0) is 26.8. The van der Waals surface area contributed by atoms with Gasteiger partial charge in [0, 0.05) is 23.7 Å². The van der Waals surface area contributed by atoms with E-state index in [1.807, 2.05) is 12.1 Å². The third-order valence-corrected chi connectivity index (χ3v) is 9.18. The van der Waals surface area contributed by atoms with Crippen molar-refractivity contribution in [2.24, 2.45) is 23.3 Å². The molecule has 1 saturated heterocycles. The standard InChI is InChI=1S/C28H33N5O5/c29-24(35)11-21(25(30)36)31-26(37)18-7-16-8-20-23-9-15-3-4-17(34)10-19(15)28(20,12-22(16)32-27(18)38)5-6-33(23)13-14-1-2-14/h3-4,7,10,14,20-21,23,34H,1-2,5-6,8-9,11-13H2,(H2,29,35)(H2,30,36)(H,31,37)(H,32,38)/t20-,21-,23+,28+/m0/s1. The summed E-state index contributed by atoms with van der Waals surface area (Å²) < 4.78 is 0. The minimum atomic E-state index is -1.29. The van der Waals surface area contributed by atoms with E-state index in [0.717, 1.165) is 43.1 Å². The second-order valence-electron chi connectivity index (χ2n) is 11.6. The van der Waals surface area contributed by atoms with Gasteiger partial charge in [0.15, 0.2) is 0 Å². The zero-order valence-electron chi connectivity index (χ0n) is 21.2. The van der Waals surface area contributed by atoms with Gasteiger partial charge in [0.1, 0.15) is 17.4 Å². The number of nitrogens with two attached hydrogens (primary N) is 2. The molecule has 2 bridgehead atoms. The van der Waals surface area contributed by atoms with Crippen molar-refractivity contribution in [2.45, 2.75) is 62.4 Å². The molecule has 2 heterocycles. The second-order valence-corrected chi connectivity index (χ2v) is 11.6. The van der Waals surface area contributed by atoms with Crippen LogP contribution in [0.3, 0.4) is 0 Å². The van der Waals surface area contributed by atoms with Gasteiger partial charge in [0.25, 0.3) is 11.5 Å². The van der Waals surface area contributed by atoms with E-state index in [1.54, 1.807) is 12.1 Å². The number of piperidine rings is 1. The molecule has 7 N–H and O–H groups in total. The number of carbonyl (C=O) groups is 3. The fourth-order valence-corrected chi connectivity index (χ4v) is 7.19. The highest BCUT2D eigenvalue weighted by Crippen LogP contribution is 2.55. The molecule has 2 aromatic rings. The molecule has 1 aromatic carbocycles. The van der Waals surface area contributed by atoms with E-state index in [2.05, 4.69) is 15.2 Å². The number of rotatable bonds is 7. The van der Waals surface area contributed by atoms with Crippen molar-refractivity contribution in [3.05, 3.63) is 62.6 Å². The number of aromatic nitrogens is 1. The van der Waals surface area contributed by atoms with Crippen LogP contribution in [0.4, 0.5) is 0 Å². The number of benzene rings is 1. The third kappa shape index (κ3) is 4.16. The molecule has 0 radical (unpaired) electrons. The number of phenols is 1. The van der Waals surface area contributed by atoms with Crippen molar-refractivity contribution in [3.8, 4) is 5.75 Å². The molecule has 0 spiro atoms. The molecule has 10 nitrogen and oxygen atoms in total. The number of pyridine rings is 1. The lowest BCUT2D eigenvalue weighted by Crippen LogP contribution is -2.63. The highest BCUT2D eigenvalue weighted by molar-refractivity contribution is 5.98. The monoisotopic (exact) mass is 519 g/mol. The van der Waals surface area contributed by atoms with Crippen molar-refractivity contribution in [2.75, 3.05) is 13.1 Å². The highest BCUT2D eigenvalue weighted by atomic mass is 16.3. The first kappa shape index (κ1) is 24.7. The quantitative estimate of drug-likeness (QED) is 0.350. The first-order valence-corrected chi connectivity index (χ1v) is 13.3. The smallest absolute Gasteiger partial charge is 0.261 e. The maximum absolute atomic E-state index is 13.0. The molecule has 3 aliphatic carbocycles. The minimum absolute atomic E-state index is 0.121. The van der Waals surface area contributed by atoms with Crippen LogP contribution in [-0.2, 0) is 34.3 Å². The first-order valence-electron chi connectivity index (χ1n) is 13.3. The van der Waals surface area contributed by atoms with E-state index < -0.39 is 35.7 Å². The van der Waals surface area contributed by atoms with Crippen LogP contribution in [0.2, 0.25) is 0 Å². The van der Waals surface area contributed by atoms with Crippen LogP contribution in [0, 0.1) is 11.8 Å². The van der Waals surface area contributed by atoms with E-state index in [-0.39, 0.29) is 22.6 Å². The van der Waals surface area contributed by atoms with Crippen molar-refractivity contribution in [3.63, 3.8) is 0 Å². The Bertz CT molecular complexity index is 1400. The van der Waals surface area contributed by atoms with Gasteiger partial charge in [0.2, 0.25) is 11.8 Å². The number of H-pyrrole nitrogens is 1. The molecule has 0 unspecified atom stereocenters. The Kier molecular flexibility index (Phi) is 5.82. The highest BCUT2D eigenvalue weighted by Gasteiger charge is 2.55. The molecule has 10 heteroatoms. The number of aromatic amines is 1. The predicted octanol–water partition coefficient (Wildman–Crippen LogP) is 0.233. The van der Waals surface area contributed by atoms with Crippen LogP contribution in [0.25, 0.3) is 0 Å². The van der Waals surface area contributed by atoms with Crippen molar-refractivity contribution in [1.29, 1.82) is 0 Å².